The van der Waals surface area contributed by atoms with Crippen LogP contribution < -0.4 is 10.0 Å². The summed E-state index contributed by atoms with van der Waals surface area (Å²) in [5.74, 6) is 0.110. The predicted octanol–water partition coefficient (Wildman–Crippen LogP) is 0.986. The first-order chi connectivity index (χ1) is 9.99. The normalized spacial score (nSPS) is 20.6. The average molecular weight is 313 g/mol. The van der Waals surface area contributed by atoms with Crippen LogP contribution in [0.25, 0.3) is 0 Å². The molecule has 0 amide bonds. The van der Waals surface area contributed by atoms with Gasteiger partial charge in [-0.15, -0.1) is 0 Å². The molecular formula is C13H23N5O2S. The molecule has 2 heterocycles. The van der Waals surface area contributed by atoms with E-state index < -0.39 is 10.2 Å². The molecule has 1 unspecified atom stereocenters. The van der Waals surface area contributed by atoms with E-state index in [1.807, 2.05) is 0 Å². The predicted molar refractivity (Wildman–Crippen MR) is 82.1 cm³/mol. The van der Waals surface area contributed by atoms with E-state index in [1.165, 1.54) is 16.7 Å². The summed E-state index contributed by atoms with van der Waals surface area (Å²) < 4.78 is 29.0. The number of anilines is 1. The van der Waals surface area contributed by atoms with Crippen molar-refractivity contribution in [3.05, 3.63) is 18.5 Å². The lowest BCUT2D eigenvalue weighted by Gasteiger charge is -2.35. The maximum Gasteiger partial charge on any atom is 0.304 e. The second-order valence-corrected chi connectivity index (χ2v) is 7.13. The third kappa shape index (κ3) is 4.62. The van der Waals surface area contributed by atoms with E-state index >= 15 is 0 Å². The molecule has 21 heavy (non-hydrogen) atoms. The van der Waals surface area contributed by atoms with Crippen molar-refractivity contribution in [2.75, 3.05) is 17.8 Å². The van der Waals surface area contributed by atoms with Crippen molar-refractivity contribution in [3.8, 4) is 0 Å². The Morgan fingerprint density at radius 2 is 2.05 bits per heavy atom. The zero-order valence-corrected chi connectivity index (χ0v) is 13.3. The largest absolute Gasteiger partial charge is 0.313 e. The van der Waals surface area contributed by atoms with Crippen LogP contribution in [0.1, 0.15) is 33.1 Å². The van der Waals surface area contributed by atoms with Crippen LogP contribution in [0.5, 0.6) is 0 Å². The van der Waals surface area contributed by atoms with Crippen molar-refractivity contribution in [3.63, 3.8) is 0 Å². The molecule has 1 aliphatic rings. The van der Waals surface area contributed by atoms with Gasteiger partial charge in [0.05, 0.1) is 0 Å². The molecule has 1 fully saturated rings. The van der Waals surface area contributed by atoms with Crippen LogP contribution in [-0.2, 0) is 10.2 Å². The summed E-state index contributed by atoms with van der Waals surface area (Å²) in [4.78, 5) is 7.83. The zero-order valence-electron chi connectivity index (χ0n) is 12.5. The Morgan fingerprint density at radius 1 is 1.33 bits per heavy atom. The molecule has 1 aromatic rings. The van der Waals surface area contributed by atoms with Gasteiger partial charge in [-0.05, 0) is 18.9 Å². The van der Waals surface area contributed by atoms with Crippen LogP contribution in [0.2, 0.25) is 0 Å². The smallest absolute Gasteiger partial charge is 0.304 e. The van der Waals surface area contributed by atoms with E-state index in [9.17, 15) is 8.42 Å². The highest BCUT2D eigenvalue weighted by Gasteiger charge is 2.32. The van der Waals surface area contributed by atoms with Crippen molar-refractivity contribution in [1.29, 1.82) is 0 Å². The third-order valence-corrected chi connectivity index (χ3v) is 4.97. The SMILES string of the molecule is CC(C)NCC1CCCCN1S(=O)(=O)Nc1ncccn1. The summed E-state index contributed by atoms with van der Waals surface area (Å²) in [6.07, 6.45) is 5.83. The fraction of sp³-hybridized carbons (Fsp3) is 0.692. The average Bonchev–Trinajstić information content (AvgIpc) is 2.46. The summed E-state index contributed by atoms with van der Waals surface area (Å²) in [7, 11) is -3.62. The quantitative estimate of drug-likeness (QED) is 0.817. The second-order valence-electron chi connectivity index (χ2n) is 5.50. The molecule has 1 atom stereocenters. The van der Waals surface area contributed by atoms with Gasteiger partial charge < -0.3 is 5.32 Å². The van der Waals surface area contributed by atoms with Gasteiger partial charge in [-0.25, -0.2) is 14.7 Å². The number of nitrogens with zero attached hydrogens (tertiary/aromatic N) is 3. The van der Waals surface area contributed by atoms with Crippen LogP contribution in [0.15, 0.2) is 18.5 Å². The summed E-state index contributed by atoms with van der Waals surface area (Å²) >= 11 is 0. The number of rotatable bonds is 6. The highest BCUT2D eigenvalue weighted by molar-refractivity contribution is 7.90. The lowest BCUT2D eigenvalue weighted by atomic mass is 10.0. The molecule has 2 N–H and O–H groups in total. The van der Waals surface area contributed by atoms with E-state index in [2.05, 4.69) is 33.9 Å². The maximum absolute atomic E-state index is 12.5. The molecule has 0 spiro atoms. The molecule has 7 nitrogen and oxygen atoms in total. The van der Waals surface area contributed by atoms with Gasteiger partial charge in [0, 0.05) is 37.6 Å². The Kier molecular flexibility index (Phi) is 5.49. The Balaban J connectivity index is 2.08. The first-order valence-corrected chi connectivity index (χ1v) is 8.73. The van der Waals surface area contributed by atoms with Crippen LogP contribution in [-0.4, -0.2) is 47.9 Å². The van der Waals surface area contributed by atoms with Crippen LogP contribution in [0, 0.1) is 0 Å². The molecule has 0 radical (unpaired) electrons. The maximum atomic E-state index is 12.5. The molecule has 0 aromatic carbocycles. The van der Waals surface area contributed by atoms with Crippen molar-refractivity contribution in [2.24, 2.45) is 0 Å². The molecule has 118 valence electrons. The first-order valence-electron chi connectivity index (χ1n) is 7.29. The summed E-state index contributed by atoms with van der Waals surface area (Å²) in [6.45, 7) is 5.30. The van der Waals surface area contributed by atoms with E-state index in [4.69, 9.17) is 0 Å². The zero-order chi connectivity index (χ0) is 15.3. The van der Waals surface area contributed by atoms with Crippen LogP contribution >= 0.6 is 0 Å². The molecule has 0 aliphatic carbocycles. The van der Waals surface area contributed by atoms with Gasteiger partial charge in [0.15, 0.2) is 0 Å². The van der Waals surface area contributed by atoms with Crippen molar-refractivity contribution in [1.82, 2.24) is 19.6 Å². The van der Waals surface area contributed by atoms with Gasteiger partial charge in [-0.1, -0.05) is 20.3 Å². The van der Waals surface area contributed by atoms with Gasteiger partial charge in [0.2, 0.25) is 5.95 Å². The molecule has 1 saturated heterocycles. The minimum atomic E-state index is -3.62. The van der Waals surface area contributed by atoms with Crippen LogP contribution in [0.4, 0.5) is 5.95 Å². The lowest BCUT2D eigenvalue weighted by Crippen LogP contribution is -2.51. The van der Waals surface area contributed by atoms with Crippen molar-refractivity contribution >= 4 is 16.2 Å². The van der Waals surface area contributed by atoms with Gasteiger partial charge in [0.25, 0.3) is 0 Å². The highest BCUT2D eigenvalue weighted by Crippen LogP contribution is 2.20. The molecule has 0 saturated carbocycles. The van der Waals surface area contributed by atoms with Gasteiger partial charge >= 0.3 is 10.2 Å². The Morgan fingerprint density at radius 3 is 2.71 bits per heavy atom. The monoisotopic (exact) mass is 313 g/mol. The van der Waals surface area contributed by atoms with E-state index in [1.54, 1.807) is 6.07 Å². The molecule has 0 bridgehead atoms. The van der Waals surface area contributed by atoms with E-state index in [0.717, 1.165) is 19.3 Å². The topological polar surface area (TPSA) is 87.2 Å². The molecular weight excluding hydrogens is 290 g/mol. The molecule has 1 aliphatic heterocycles. The molecule has 8 heteroatoms. The standard InChI is InChI=1S/C13H23N5O2S/c1-11(2)16-10-12-6-3-4-9-18(12)21(19,20)17-13-14-7-5-8-15-13/h5,7-8,11-12,16H,3-4,6,9-10H2,1-2H3,(H,14,15,17). The van der Waals surface area contributed by atoms with Crippen molar-refractivity contribution in [2.45, 2.75) is 45.2 Å². The van der Waals surface area contributed by atoms with Gasteiger partial charge in [-0.2, -0.15) is 12.7 Å². The summed E-state index contributed by atoms with van der Waals surface area (Å²) in [5.41, 5.74) is 0. The Bertz CT molecular complexity index is 535. The van der Waals surface area contributed by atoms with Crippen LogP contribution in [0.3, 0.4) is 0 Å². The van der Waals surface area contributed by atoms with Gasteiger partial charge in [0.1, 0.15) is 0 Å². The minimum absolute atomic E-state index is 0.0256. The van der Waals surface area contributed by atoms with E-state index in [0.29, 0.717) is 19.1 Å². The van der Waals surface area contributed by atoms with E-state index in [-0.39, 0.29) is 12.0 Å². The summed E-state index contributed by atoms with van der Waals surface area (Å²) in [5, 5.41) is 3.32. The Labute approximate surface area is 126 Å². The number of nitrogens with one attached hydrogen (secondary N) is 2. The fourth-order valence-electron chi connectivity index (χ4n) is 2.39. The number of aromatic nitrogens is 2. The van der Waals surface area contributed by atoms with Crippen molar-refractivity contribution < 1.29 is 8.42 Å². The number of hydrogen-bond acceptors (Lipinski definition) is 5. The third-order valence-electron chi connectivity index (χ3n) is 3.43. The highest BCUT2D eigenvalue weighted by atomic mass is 32.2. The first kappa shape index (κ1) is 16.1. The Hall–Kier alpha value is -1.25. The minimum Gasteiger partial charge on any atom is -0.313 e. The second kappa shape index (κ2) is 7.15. The number of hydrogen-bond donors (Lipinski definition) is 2. The number of piperidine rings is 1. The molecule has 1 aromatic heterocycles. The lowest BCUT2D eigenvalue weighted by molar-refractivity contribution is 0.243. The fourth-order valence-corrected chi connectivity index (χ4v) is 3.79. The summed E-state index contributed by atoms with van der Waals surface area (Å²) in [6, 6.07) is 1.96. The molecule has 2 rings (SSSR count). The van der Waals surface area contributed by atoms with Gasteiger partial charge in [-0.3, -0.25) is 0 Å².